The summed E-state index contributed by atoms with van der Waals surface area (Å²) in [6.07, 6.45) is 8.64. The molecule has 2 fully saturated rings. The van der Waals surface area contributed by atoms with Crippen molar-refractivity contribution in [3.63, 3.8) is 0 Å². The molecule has 178 valence electrons. The molecule has 33 heavy (non-hydrogen) atoms. The molecule has 1 saturated carbocycles. The highest BCUT2D eigenvalue weighted by molar-refractivity contribution is 5.46. The van der Waals surface area contributed by atoms with Gasteiger partial charge in [0.05, 0.1) is 19.3 Å². The van der Waals surface area contributed by atoms with Gasteiger partial charge in [-0.1, -0.05) is 56.0 Å². The van der Waals surface area contributed by atoms with Crippen LogP contribution in [0.2, 0.25) is 0 Å². The van der Waals surface area contributed by atoms with Crippen LogP contribution >= 0.6 is 0 Å². The lowest BCUT2D eigenvalue weighted by atomic mass is 9.80. The van der Waals surface area contributed by atoms with Gasteiger partial charge in [0.25, 0.3) is 0 Å². The molecule has 0 radical (unpaired) electrons. The van der Waals surface area contributed by atoms with Crippen LogP contribution in [0.15, 0.2) is 28.7 Å². The van der Waals surface area contributed by atoms with Gasteiger partial charge in [0.15, 0.2) is 0 Å². The summed E-state index contributed by atoms with van der Waals surface area (Å²) in [6.45, 7) is 8.33. The van der Waals surface area contributed by atoms with E-state index in [1.165, 1.54) is 43.2 Å². The fourth-order valence-corrected chi connectivity index (χ4v) is 5.22. The van der Waals surface area contributed by atoms with E-state index in [-0.39, 0.29) is 6.04 Å². The number of hydrogen-bond donors (Lipinski definition) is 1. The van der Waals surface area contributed by atoms with Crippen LogP contribution in [-0.4, -0.2) is 42.7 Å². The average Bonchev–Trinajstić information content (AvgIpc) is 3.28. The highest BCUT2D eigenvalue weighted by Crippen LogP contribution is 2.38. The third-order valence-corrected chi connectivity index (χ3v) is 7.32. The maximum atomic E-state index is 9.69. The Morgan fingerprint density at radius 3 is 2.55 bits per heavy atom. The lowest BCUT2D eigenvalue weighted by Gasteiger charge is -2.35. The minimum atomic E-state index is 0.184. The standard InChI is InChI=1S/C27H38N4O2/c1-3-4-5-21-8-12-23(13-9-21)26-30-24(18-28)27(33-26)29-19-25(31-14-16-32-17-15-31)22-10-6-20(2)7-11-22/h6-7,10-11,21,23,25,29H,3-5,8-9,12-17,19H2,1-2H3/t21?,23?,25-/m1/s1. The lowest BCUT2D eigenvalue weighted by molar-refractivity contribution is 0.0186. The van der Waals surface area contributed by atoms with Gasteiger partial charge in [0, 0.05) is 25.6 Å². The van der Waals surface area contributed by atoms with Crippen molar-refractivity contribution in [3.05, 3.63) is 47.0 Å². The molecular weight excluding hydrogens is 412 g/mol. The summed E-state index contributed by atoms with van der Waals surface area (Å²) in [5.74, 6) is 2.43. The molecule has 1 atom stereocenters. The fourth-order valence-electron chi connectivity index (χ4n) is 5.22. The van der Waals surface area contributed by atoms with Crippen molar-refractivity contribution in [2.45, 2.75) is 70.8 Å². The molecule has 0 spiro atoms. The van der Waals surface area contributed by atoms with E-state index in [2.05, 4.69) is 59.4 Å². The lowest BCUT2D eigenvalue weighted by Crippen LogP contribution is -2.41. The highest BCUT2D eigenvalue weighted by atomic mass is 16.5. The molecule has 1 saturated heterocycles. The molecule has 4 rings (SSSR count). The molecule has 2 aliphatic rings. The molecule has 6 heteroatoms. The number of nitrogens with one attached hydrogen (secondary N) is 1. The maximum Gasteiger partial charge on any atom is 0.232 e. The number of morpholine rings is 1. The summed E-state index contributed by atoms with van der Waals surface area (Å²) in [4.78, 5) is 7.04. The Hall–Kier alpha value is -2.36. The number of anilines is 1. The van der Waals surface area contributed by atoms with Gasteiger partial charge in [0.1, 0.15) is 6.07 Å². The predicted octanol–water partition coefficient (Wildman–Crippen LogP) is 5.80. The Morgan fingerprint density at radius 2 is 1.88 bits per heavy atom. The number of nitrogens with zero attached hydrogens (tertiary/aromatic N) is 3. The molecule has 1 aliphatic carbocycles. The Balaban J connectivity index is 1.43. The van der Waals surface area contributed by atoms with Crippen molar-refractivity contribution in [2.24, 2.45) is 5.92 Å². The van der Waals surface area contributed by atoms with Crippen molar-refractivity contribution < 1.29 is 9.15 Å². The summed E-state index contributed by atoms with van der Waals surface area (Å²) >= 11 is 0. The van der Waals surface area contributed by atoms with Gasteiger partial charge in [-0.15, -0.1) is 0 Å². The molecule has 6 nitrogen and oxygen atoms in total. The van der Waals surface area contributed by atoms with Gasteiger partial charge in [-0.05, 0) is 44.1 Å². The van der Waals surface area contributed by atoms with Crippen molar-refractivity contribution in [2.75, 3.05) is 38.2 Å². The quantitative estimate of drug-likeness (QED) is 0.520. The Kier molecular flexibility index (Phi) is 8.41. The van der Waals surface area contributed by atoms with Gasteiger partial charge in [-0.25, -0.2) is 4.98 Å². The molecule has 0 unspecified atom stereocenters. The second-order valence-corrected chi connectivity index (χ2v) is 9.66. The molecule has 1 N–H and O–H groups in total. The minimum Gasteiger partial charge on any atom is -0.424 e. The number of rotatable bonds is 9. The molecule has 2 aromatic rings. The zero-order valence-corrected chi connectivity index (χ0v) is 20.2. The van der Waals surface area contributed by atoms with E-state index < -0.39 is 0 Å². The summed E-state index contributed by atoms with van der Waals surface area (Å²) in [5, 5.41) is 13.1. The zero-order chi connectivity index (χ0) is 23.0. The monoisotopic (exact) mass is 450 g/mol. The Bertz CT molecular complexity index is 903. The Morgan fingerprint density at radius 1 is 1.15 bits per heavy atom. The molecule has 1 aromatic heterocycles. The van der Waals surface area contributed by atoms with E-state index in [9.17, 15) is 5.26 Å². The van der Waals surface area contributed by atoms with Gasteiger partial charge in [-0.2, -0.15) is 5.26 Å². The van der Waals surface area contributed by atoms with E-state index in [1.54, 1.807) is 0 Å². The van der Waals surface area contributed by atoms with Crippen LogP contribution < -0.4 is 5.32 Å². The van der Waals surface area contributed by atoms with Crippen molar-refractivity contribution in [1.82, 2.24) is 9.88 Å². The molecule has 0 bridgehead atoms. The normalized spacial score (nSPS) is 22.6. The van der Waals surface area contributed by atoms with Gasteiger partial charge >= 0.3 is 0 Å². The molecular formula is C27H38N4O2. The molecule has 0 amide bonds. The van der Waals surface area contributed by atoms with Gasteiger partial charge < -0.3 is 14.5 Å². The van der Waals surface area contributed by atoms with Crippen LogP contribution in [0.25, 0.3) is 0 Å². The van der Waals surface area contributed by atoms with Crippen molar-refractivity contribution in [1.29, 1.82) is 5.26 Å². The van der Waals surface area contributed by atoms with E-state index in [1.807, 2.05) is 0 Å². The number of benzene rings is 1. The highest BCUT2D eigenvalue weighted by Gasteiger charge is 2.28. The maximum absolute atomic E-state index is 9.69. The first-order valence-electron chi connectivity index (χ1n) is 12.7. The minimum absolute atomic E-state index is 0.184. The first-order valence-corrected chi connectivity index (χ1v) is 12.7. The third-order valence-electron chi connectivity index (χ3n) is 7.32. The van der Waals surface area contributed by atoms with Crippen LogP contribution in [0.3, 0.4) is 0 Å². The van der Waals surface area contributed by atoms with E-state index in [4.69, 9.17) is 9.15 Å². The van der Waals surface area contributed by atoms with Crippen LogP contribution in [0.5, 0.6) is 0 Å². The van der Waals surface area contributed by atoms with E-state index in [0.29, 0.717) is 24.0 Å². The van der Waals surface area contributed by atoms with E-state index in [0.717, 1.165) is 51.0 Å². The van der Waals surface area contributed by atoms with Crippen LogP contribution in [0.4, 0.5) is 5.88 Å². The molecule has 2 heterocycles. The number of hydrogen-bond acceptors (Lipinski definition) is 6. The summed E-state index contributed by atoms with van der Waals surface area (Å²) < 4.78 is 11.7. The fraction of sp³-hybridized carbons (Fsp3) is 0.630. The summed E-state index contributed by atoms with van der Waals surface area (Å²) in [5.41, 5.74) is 2.89. The number of oxazole rings is 1. The summed E-state index contributed by atoms with van der Waals surface area (Å²) in [6, 6.07) is 11.1. The Labute approximate surface area is 198 Å². The van der Waals surface area contributed by atoms with Crippen LogP contribution in [-0.2, 0) is 4.74 Å². The molecule has 1 aromatic carbocycles. The van der Waals surface area contributed by atoms with E-state index >= 15 is 0 Å². The summed E-state index contributed by atoms with van der Waals surface area (Å²) in [7, 11) is 0. The smallest absolute Gasteiger partial charge is 0.232 e. The van der Waals surface area contributed by atoms with Crippen LogP contribution in [0, 0.1) is 24.2 Å². The third kappa shape index (κ3) is 6.16. The molecule has 1 aliphatic heterocycles. The number of aryl methyl sites for hydroxylation is 1. The van der Waals surface area contributed by atoms with Gasteiger partial charge in [0.2, 0.25) is 17.5 Å². The topological polar surface area (TPSA) is 74.3 Å². The number of ether oxygens (including phenoxy) is 1. The number of unbranched alkanes of at least 4 members (excludes halogenated alkanes) is 1. The number of nitriles is 1. The van der Waals surface area contributed by atoms with Crippen molar-refractivity contribution in [3.8, 4) is 6.07 Å². The first kappa shape index (κ1) is 23.8. The van der Waals surface area contributed by atoms with Gasteiger partial charge in [-0.3, -0.25) is 4.90 Å². The van der Waals surface area contributed by atoms with Crippen LogP contribution in [0.1, 0.15) is 86.5 Å². The second-order valence-electron chi connectivity index (χ2n) is 9.66. The zero-order valence-electron chi connectivity index (χ0n) is 20.2. The predicted molar refractivity (Wildman–Crippen MR) is 130 cm³/mol. The first-order chi connectivity index (χ1) is 16.2. The second kappa shape index (κ2) is 11.7. The SMILES string of the molecule is CCCCC1CCC(c2nc(C#N)c(NC[C@H](c3ccc(C)cc3)N3CCOCC3)o2)CC1. The average molecular weight is 451 g/mol. The van der Waals surface area contributed by atoms with Crippen molar-refractivity contribution >= 4 is 5.88 Å². The number of aromatic nitrogens is 1. The largest absolute Gasteiger partial charge is 0.424 e.